The van der Waals surface area contributed by atoms with Crippen LogP contribution in [0.2, 0.25) is 0 Å². The van der Waals surface area contributed by atoms with Crippen LogP contribution in [0.25, 0.3) is 0 Å². The topological polar surface area (TPSA) is 54.4 Å². The minimum atomic E-state index is -3.81. The van der Waals surface area contributed by atoms with E-state index in [1.165, 1.54) is 0 Å². The summed E-state index contributed by atoms with van der Waals surface area (Å²) in [7, 11) is -3.81. The van der Waals surface area contributed by atoms with E-state index >= 15 is 0 Å². The van der Waals surface area contributed by atoms with Gasteiger partial charge in [-0.3, -0.25) is 0 Å². The zero-order valence-electron chi connectivity index (χ0n) is 5.66. The Morgan fingerprint density at radius 3 is 2.11 bits per heavy atom. The van der Waals surface area contributed by atoms with Crippen molar-refractivity contribution in [2.45, 2.75) is 19.8 Å². The third-order valence-corrected chi connectivity index (χ3v) is 1.27. The van der Waals surface area contributed by atoms with Crippen molar-refractivity contribution in [3.8, 4) is 0 Å². The smallest absolute Gasteiger partial charge is 0.309 e. The largest absolute Gasteiger partial charge is 1.00 e. The third-order valence-electron chi connectivity index (χ3n) is 0.617. The fraction of sp³-hybridized carbons (Fsp3) is 0.750. The van der Waals surface area contributed by atoms with Gasteiger partial charge < -0.3 is 4.55 Å². The van der Waals surface area contributed by atoms with Crippen LogP contribution in [-0.4, -0.2) is 13.0 Å². The molecule has 0 aromatic rings. The van der Waals surface area contributed by atoms with Crippen LogP contribution in [0.15, 0.2) is 0 Å². The van der Waals surface area contributed by atoms with Crippen LogP contribution in [-0.2, 0) is 10.1 Å². The van der Waals surface area contributed by atoms with Crippen LogP contribution in [0.3, 0.4) is 0 Å². The quantitative estimate of drug-likeness (QED) is 0.291. The van der Waals surface area contributed by atoms with Gasteiger partial charge in [-0.05, 0) is 0 Å². The first kappa shape index (κ1) is 12.6. The van der Waals surface area contributed by atoms with Gasteiger partial charge in [-0.2, -0.15) is 12.2 Å². The maximum atomic E-state index is 9.89. The van der Waals surface area contributed by atoms with E-state index in [0.29, 0.717) is 6.42 Å². The number of rotatable bonds is 3. The molecule has 0 aromatic carbocycles. The zero-order valence-corrected chi connectivity index (χ0v) is 8.48. The Morgan fingerprint density at radius 2 is 2.00 bits per heavy atom. The normalized spacial score (nSPS) is 10.4. The van der Waals surface area contributed by atoms with E-state index in [0.717, 1.165) is 12.2 Å². The number of hydrogen-bond acceptors (Lipinski definition) is 2. The Hall–Kier alpha value is 0.910. The van der Waals surface area contributed by atoms with Crippen LogP contribution in [0, 0.1) is 5.75 Å². The van der Waals surface area contributed by atoms with Crippen LogP contribution in [0.1, 0.15) is 19.8 Å². The van der Waals surface area contributed by atoms with Crippen molar-refractivity contribution in [2.75, 3.05) is 0 Å². The van der Waals surface area contributed by atoms with Crippen molar-refractivity contribution in [1.82, 2.24) is 0 Å². The van der Waals surface area contributed by atoms with Crippen molar-refractivity contribution >= 4 is 10.1 Å². The maximum Gasteiger partial charge on any atom is 1.00 e. The zero-order chi connectivity index (χ0) is 6.62. The second kappa shape index (κ2) is 5.68. The summed E-state index contributed by atoms with van der Waals surface area (Å²) in [6, 6.07) is 0. The molecule has 0 aromatic heterocycles. The first-order valence-electron chi connectivity index (χ1n) is 2.37. The number of unbranched alkanes of at least 4 members (excludes halogenated alkanes) is 1. The summed E-state index contributed by atoms with van der Waals surface area (Å²) in [5.41, 5.74) is 0. The fourth-order valence-corrected chi connectivity index (χ4v) is 0.800. The Labute approximate surface area is 77.9 Å². The Balaban J connectivity index is 0. The first-order valence-corrected chi connectivity index (χ1v) is 3.87. The third kappa shape index (κ3) is 12.2. The van der Waals surface area contributed by atoms with E-state index in [1.54, 1.807) is 0 Å². The van der Waals surface area contributed by atoms with Gasteiger partial charge in [-0.15, -0.1) is 0 Å². The summed E-state index contributed by atoms with van der Waals surface area (Å²) in [6.07, 6.45) is 1.15. The average molecular weight is 160 g/mol. The molecule has 3 nitrogen and oxygen atoms in total. The van der Waals surface area contributed by atoms with Gasteiger partial charge in [0.25, 0.3) is 0 Å². The van der Waals surface area contributed by atoms with Gasteiger partial charge in [0.2, 0.25) is 0 Å². The SMILES string of the molecule is CCC[CH-]S(=O)(=O)O.[Na+]. The van der Waals surface area contributed by atoms with Crippen LogP contribution < -0.4 is 29.6 Å². The molecule has 1 N–H and O–H groups in total. The molecule has 0 saturated carbocycles. The van der Waals surface area contributed by atoms with Crippen molar-refractivity contribution in [2.24, 2.45) is 0 Å². The molecule has 0 radical (unpaired) electrons. The summed E-state index contributed by atoms with van der Waals surface area (Å²) in [5.74, 6) is 0.896. The van der Waals surface area contributed by atoms with E-state index in [-0.39, 0.29) is 29.6 Å². The molecule has 0 spiro atoms. The maximum absolute atomic E-state index is 9.89. The Morgan fingerprint density at radius 1 is 1.56 bits per heavy atom. The molecule has 5 heteroatoms. The van der Waals surface area contributed by atoms with Gasteiger partial charge in [0.1, 0.15) is 10.1 Å². The standard InChI is InChI=1S/C4H9O3S.Na/c1-2-3-4-8(5,6)7;/h4H,2-3H2,1H3,(H,5,6,7);/q-1;+1. The molecule has 0 saturated heterocycles. The first-order chi connectivity index (χ1) is 3.56. The van der Waals surface area contributed by atoms with E-state index in [4.69, 9.17) is 4.55 Å². The molecule has 0 atom stereocenters. The fourth-order valence-electron chi connectivity index (χ4n) is 0.267. The van der Waals surface area contributed by atoms with Crippen molar-refractivity contribution in [3.63, 3.8) is 0 Å². The summed E-state index contributed by atoms with van der Waals surface area (Å²) in [4.78, 5) is 0. The summed E-state index contributed by atoms with van der Waals surface area (Å²) in [5, 5.41) is 0. The van der Waals surface area contributed by atoms with Gasteiger partial charge in [-0.25, -0.2) is 8.42 Å². The summed E-state index contributed by atoms with van der Waals surface area (Å²) >= 11 is 0. The molecule has 0 aliphatic carbocycles. The molecular weight excluding hydrogens is 151 g/mol. The molecular formula is C4H9NaO3S. The van der Waals surface area contributed by atoms with Gasteiger partial charge >= 0.3 is 29.6 Å². The molecule has 0 amide bonds. The second-order valence-electron chi connectivity index (χ2n) is 1.47. The Bertz CT molecular complexity index is 140. The van der Waals surface area contributed by atoms with Crippen molar-refractivity contribution < 1.29 is 42.5 Å². The molecule has 9 heavy (non-hydrogen) atoms. The molecule has 0 aliphatic heterocycles. The molecule has 0 bridgehead atoms. The van der Waals surface area contributed by atoms with Gasteiger partial charge in [-0.1, -0.05) is 13.3 Å². The van der Waals surface area contributed by atoms with E-state index < -0.39 is 10.1 Å². The van der Waals surface area contributed by atoms with Gasteiger partial charge in [0, 0.05) is 0 Å². The van der Waals surface area contributed by atoms with Crippen LogP contribution in [0.4, 0.5) is 0 Å². The van der Waals surface area contributed by atoms with E-state index in [1.807, 2.05) is 6.92 Å². The van der Waals surface area contributed by atoms with E-state index in [2.05, 4.69) is 0 Å². The molecule has 0 unspecified atom stereocenters. The molecule has 0 rings (SSSR count). The predicted octanol–water partition coefficient (Wildman–Crippen LogP) is -2.16. The van der Waals surface area contributed by atoms with E-state index in [9.17, 15) is 8.42 Å². The minimum Gasteiger partial charge on any atom is -0.309 e. The predicted molar refractivity (Wildman–Crippen MR) is 30.8 cm³/mol. The molecule has 0 heterocycles. The van der Waals surface area contributed by atoms with Crippen LogP contribution >= 0.6 is 0 Å². The van der Waals surface area contributed by atoms with Crippen molar-refractivity contribution in [1.29, 1.82) is 0 Å². The minimum absolute atomic E-state index is 0. The second-order valence-corrected chi connectivity index (χ2v) is 2.83. The summed E-state index contributed by atoms with van der Waals surface area (Å²) < 4.78 is 27.8. The molecule has 0 aliphatic rings. The average Bonchev–Trinajstić information content (AvgIpc) is 1.59. The monoisotopic (exact) mass is 160 g/mol. The van der Waals surface area contributed by atoms with Gasteiger partial charge in [0.15, 0.2) is 0 Å². The molecule has 50 valence electrons. The van der Waals surface area contributed by atoms with Gasteiger partial charge in [0.05, 0.1) is 0 Å². The molecule has 0 fully saturated rings. The van der Waals surface area contributed by atoms with Crippen molar-refractivity contribution in [3.05, 3.63) is 5.75 Å². The summed E-state index contributed by atoms with van der Waals surface area (Å²) in [6.45, 7) is 1.84. The number of hydrogen-bond donors (Lipinski definition) is 1. The Kier molecular flexibility index (Phi) is 7.93. The van der Waals surface area contributed by atoms with Crippen LogP contribution in [0.5, 0.6) is 0 Å².